The fraction of sp³-hybridized carbons (Fsp3) is 0.357. The maximum Gasteiger partial charge on any atom is 0.360 e. The number of hydrogen-bond acceptors (Lipinski definition) is 5. The Kier molecular flexibility index (Phi) is 3.14. The maximum atomic E-state index is 11.5. The van der Waals surface area contributed by atoms with Crippen molar-refractivity contribution in [1.29, 1.82) is 0 Å². The first kappa shape index (κ1) is 12.7. The van der Waals surface area contributed by atoms with E-state index in [1.165, 1.54) is 26.0 Å². The van der Waals surface area contributed by atoms with Crippen molar-refractivity contribution in [3.05, 3.63) is 30.2 Å². The van der Waals surface area contributed by atoms with Gasteiger partial charge in [0, 0.05) is 18.3 Å². The number of rotatable bonds is 4. The van der Waals surface area contributed by atoms with Crippen LogP contribution in [0.4, 0.5) is 0 Å². The number of carbonyl (C=O) groups excluding carboxylic acids is 1. The summed E-state index contributed by atoms with van der Waals surface area (Å²) >= 11 is 0. The SMILES string of the molecule is COC(=O)c1nc(-c2cnn(CC3CC3)c2)ccc1O. The summed E-state index contributed by atoms with van der Waals surface area (Å²) in [6, 6.07) is 3.09. The number of esters is 1. The molecule has 1 aliphatic carbocycles. The van der Waals surface area contributed by atoms with Gasteiger partial charge in [0.1, 0.15) is 5.75 Å². The Morgan fingerprint density at radius 2 is 2.30 bits per heavy atom. The van der Waals surface area contributed by atoms with Gasteiger partial charge in [-0.25, -0.2) is 9.78 Å². The van der Waals surface area contributed by atoms with Crippen molar-refractivity contribution in [3.63, 3.8) is 0 Å². The van der Waals surface area contributed by atoms with E-state index in [9.17, 15) is 9.90 Å². The molecular weight excluding hydrogens is 258 g/mol. The van der Waals surface area contributed by atoms with Gasteiger partial charge < -0.3 is 9.84 Å². The van der Waals surface area contributed by atoms with Crippen molar-refractivity contribution in [2.75, 3.05) is 7.11 Å². The fourth-order valence-electron chi connectivity index (χ4n) is 2.02. The van der Waals surface area contributed by atoms with Crippen molar-refractivity contribution >= 4 is 5.97 Å². The molecule has 1 fully saturated rings. The summed E-state index contributed by atoms with van der Waals surface area (Å²) in [6.45, 7) is 0.919. The number of hydrogen-bond donors (Lipinski definition) is 1. The summed E-state index contributed by atoms with van der Waals surface area (Å²) in [4.78, 5) is 15.7. The largest absolute Gasteiger partial charge is 0.505 e. The van der Waals surface area contributed by atoms with Gasteiger partial charge in [-0.15, -0.1) is 0 Å². The van der Waals surface area contributed by atoms with Crippen LogP contribution in [0.25, 0.3) is 11.3 Å². The molecule has 2 aromatic rings. The van der Waals surface area contributed by atoms with Gasteiger partial charge in [0.25, 0.3) is 0 Å². The molecule has 0 spiro atoms. The van der Waals surface area contributed by atoms with E-state index in [0.717, 1.165) is 18.0 Å². The van der Waals surface area contributed by atoms with Crippen LogP contribution in [0.5, 0.6) is 5.75 Å². The van der Waals surface area contributed by atoms with E-state index < -0.39 is 5.97 Å². The predicted molar refractivity (Wildman–Crippen MR) is 71.2 cm³/mol. The first-order valence-electron chi connectivity index (χ1n) is 6.48. The monoisotopic (exact) mass is 273 g/mol. The van der Waals surface area contributed by atoms with E-state index in [2.05, 4.69) is 14.8 Å². The Balaban J connectivity index is 1.88. The first-order valence-corrected chi connectivity index (χ1v) is 6.48. The minimum Gasteiger partial charge on any atom is -0.505 e. The highest BCUT2D eigenvalue weighted by Gasteiger charge is 2.22. The van der Waals surface area contributed by atoms with E-state index in [4.69, 9.17) is 0 Å². The van der Waals surface area contributed by atoms with Crippen molar-refractivity contribution < 1.29 is 14.6 Å². The van der Waals surface area contributed by atoms with Gasteiger partial charge >= 0.3 is 5.97 Å². The van der Waals surface area contributed by atoms with Gasteiger partial charge in [-0.2, -0.15) is 5.10 Å². The van der Waals surface area contributed by atoms with Crippen LogP contribution in [0, 0.1) is 5.92 Å². The molecule has 1 saturated carbocycles. The molecule has 6 heteroatoms. The summed E-state index contributed by atoms with van der Waals surface area (Å²) < 4.78 is 6.48. The molecule has 0 unspecified atom stereocenters. The zero-order valence-corrected chi connectivity index (χ0v) is 11.1. The van der Waals surface area contributed by atoms with E-state index in [1.807, 2.05) is 10.9 Å². The second-order valence-electron chi connectivity index (χ2n) is 4.95. The molecule has 2 heterocycles. The minimum absolute atomic E-state index is 0.0834. The second kappa shape index (κ2) is 4.96. The second-order valence-corrected chi connectivity index (χ2v) is 4.95. The summed E-state index contributed by atoms with van der Waals surface area (Å²) in [5.41, 5.74) is 1.32. The van der Waals surface area contributed by atoms with Crippen molar-refractivity contribution in [1.82, 2.24) is 14.8 Å². The van der Waals surface area contributed by atoms with Crippen LogP contribution in [-0.2, 0) is 11.3 Å². The maximum absolute atomic E-state index is 11.5. The summed E-state index contributed by atoms with van der Waals surface area (Å²) in [5.74, 6) is -0.109. The Morgan fingerprint density at radius 1 is 1.50 bits per heavy atom. The summed E-state index contributed by atoms with van der Waals surface area (Å²) in [6.07, 6.45) is 6.14. The van der Waals surface area contributed by atoms with Gasteiger partial charge in [-0.3, -0.25) is 4.68 Å². The Bertz CT molecular complexity index is 647. The molecule has 0 amide bonds. The third kappa shape index (κ3) is 2.49. The molecule has 0 atom stereocenters. The van der Waals surface area contributed by atoms with Crippen LogP contribution in [0.2, 0.25) is 0 Å². The minimum atomic E-state index is -0.658. The van der Waals surface area contributed by atoms with Gasteiger partial charge in [0.05, 0.1) is 19.0 Å². The molecule has 0 aliphatic heterocycles. The summed E-state index contributed by atoms with van der Waals surface area (Å²) in [7, 11) is 1.25. The lowest BCUT2D eigenvalue weighted by Crippen LogP contribution is -2.05. The molecule has 0 saturated heterocycles. The van der Waals surface area contributed by atoms with Crippen LogP contribution in [0.15, 0.2) is 24.5 Å². The zero-order chi connectivity index (χ0) is 14.1. The van der Waals surface area contributed by atoms with Crippen molar-refractivity contribution in [3.8, 4) is 17.0 Å². The average Bonchev–Trinajstić information content (AvgIpc) is 3.14. The molecule has 0 bridgehead atoms. The van der Waals surface area contributed by atoms with Crippen LogP contribution >= 0.6 is 0 Å². The van der Waals surface area contributed by atoms with Gasteiger partial charge in [-0.05, 0) is 30.9 Å². The Hall–Kier alpha value is -2.37. The molecule has 1 aliphatic rings. The topological polar surface area (TPSA) is 77.2 Å². The average molecular weight is 273 g/mol. The normalized spacial score (nSPS) is 14.2. The van der Waals surface area contributed by atoms with E-state index >= 15 is 0 Å². The molecule has 0 radical (unpaired) electrons. The first-order chi connectivity index (χ1) is 9.67. The Morgan fingerprint density at radius 3 is 3.00 bits per heavy atom. The number of carbonyl (C=O) groups is 1. The lowest BCUT2D eigenvalue weighted by Gasteiger charge is -2.03. The molecule has 3 rings (SSSR count). The smallest absolute Gasteiger partial charge is 0.360 e. The van der Waals surface area contributed by atoms with E-state index in [1.54, 1.807) is 12.3 Å². The molecule has 0 aromatic carbocycles. The van der Waals surface area contributed by atoms with Crippen LogP contribution in [-0.4, -0.2) is 33.0 Å². The molecule has 104 valence electrons. The summed E-state index contributed by atoms with van der Waals surface area (Å²) in [5, 5.41) is 13.9. The third-order valence-corrected chi connectivity index (χ3v) is 3.32. The van der Waals surface area contributed by atoms with E-state index in [-0.39, 0.29) is 11.4 Å². The quantitative estimate of drug-likeness (QED) is 0.860. The number of aromatic nitrogens is 3. The van der Waals surface area contributed by atoms with E-state index in [0.29, 0.717) is 5.69 Å². The highest BCUT2D eigenvalue weighted by molar-refractivity contribution is 5.90. The van der Waals surface area contributed by atoms with Crippen molar-refractivity contribution in [2.45, 2.75) is 19.4 Å². The molecule has 2 aromatic heterocycles. The Labute approximate surface area is 116 Å². The van der Waals surface area contributed by atoms with Crippen LogP contribution in [0.3, 0.4) is 0 Å². The van der Waals surface area contributed by atoms with Crippen LogP contribution < -0.4 is 0 Å². The highest BCUT2D eigenvalue weighted by Crippen LogP contribution is 2.31. The van der Waals surface area contributed by atoms with Gasteiger partial charge in [-0.1, -0.05) is 0 Å². The number of ether oxygens (including phenoxy) is 1. The molecule has 1 N–H and O–H groups in total. The fourth-order valence-corrected chi connectivity index (χ4v) is 2.02. The zero-order valence-electron chi connectivity index (χ0n) is 11.1. The molecule has 20 heavy (non-hydrogen) atoms. The third-order valence-electron chi connectivity index (χ3n) is 3.32. The van der Waals surface area contributed by atoms with Crippen LogP contribution in [0.1, 0.15) is 23.3 Å². The highest BCUT2D eigenvalue weighted by atomic mass is 16.5. The standard InChI is InChI=1S/C14H15N3O3/c1-20-14(19)13-12(18)5-4-11(16-13)10-6-15-17(8-10)7-9-2-3-9/h4-6,8-9,18H,2-3,7H2,1H3. The molecule has 6 nitrogen and oxygen atoms in total. The van der Waals surface area contributed by atoms with Gasteiger partial charge in [0.15, 0.2) is 5.69 Å². The van der Waals surface area contributed by atoms with Gasteiger partial charge in [0.2, 0.25) is 0 Å². The number of pyridine rings is 1. The van der Waals surface area contributed by atoms with Crippen molar-refractivity contribution in [2.24, 2.45) is 5.92 Å². The number of methoxy groups -OCH3 is 1. The predicted octanol–water partition coefficient (Wildman–Crippen LogP) is 1.85. The lowest BCUT2D eigenvalue weighted by molar-refractivity contribution is 0.0590. The number of nitrogens with zero attached hydrogens (tertiary/aromatic N) is 3. The number of aromatic hydroxyl groups is 1. The lowest BCUT2D eigenvalue weighted by atomic mass is 10.2. The molecular formula is C14H15N3O3.